The number of nitrogens with zero attached hydrogens (tertiary/aromatic N) is 1. The smallest absolute Gasteiger partial charge is 0.326 e. The second-order valence-corrected chi connectivity index (χ2v) is 6.97. The van der Waals surface area contributed by atoms with Crippen molar-refractivity contribution in [2.45, 2.75) is 64.8 Å². The number of carboxylic acids is 1. The highest BCUT2D eigenvalue weighted by atomic mass is 16.4. The number of hydrogen-bond donors (Lipinski definition) is 3. The molecule has 0 aromatic heterocycles. The lowest BCUT2D eigenvalue weighted by Crippen LogP contribution is -2.49. The number of urea groups is 1. The monoisotopic (exact) mass is 328 g/mol. The maximum Gasteiger partial charge on any atom is 0.326 e. The lowest BCUT2D eigenvalue weighted by Gasteiger charge is -2.28. The van der Waals surface area contributed by atoms with E-state index in [1.165, 1.54) is 11.3 Å². The van der Waals surface area contributed by atoms with E-state index in [0.717, 1.165) is 32.1 Å². The summed E-state index contributed by atoms with van der Waals surface area (Å²) in [5, 5.41) is 21.2. The Labute approximate surface area is 139 Å². The molecule has 6 heteroatoms. The van der Waals surface area contributed by atoms with Crippen molar-refractivity contribution < 1.29 is 19.8 Å². The summed E-state index contributed by atoms with van der Waals surface area (Å²) in [6.07, 6.45) is 6.94. The summed E-state index contributed by atoms with van der Waals surface area (Å²) in [5.41, 5.74) is 0. The molecule has 1 aliphatic carbocycles. The number of hydrogen-bond acceptors (Lipinski definition) is 3. The van der Waals surface area contributed by atoms with Crippen molar-refractivity contribution >= 4 is 12.0 Å². The van der Waals surface area contributed by atoms with E-state index in [2.05, 4.69) is 19.2 Å². The second-order valence-electron chi connectivity index (χ2n) is 6.97. The van der Waals surface area contributed by atoms with Gasteiger partial charge in [-0.3, -0.25) is 0 Å². The Morgan fingerprint density at radius 2 is 1.83 bits per heavy atom. The number of carbonyl (C=O) groups is 2. The molecule has 0 radical (unpaired) electrons. The maximum atomic E-state index is 12.3. The Morgan fingerprint density at radius 1 is 1.17 bits per heavy atom. The van der Waals surface area contributed by atoms with Gasteiger partial charge in [-0.1, -0.05) is 46.0 Å². The minimum atomic E-state index is -0.975. The molecule has 0 heterocycles. The first-order valence-corrected chi connectivity index (χ1v) is 8.83. The largest absolute Gasteiger partial charge is 0.480 e. The molecule has 0 spiro atoms. The molecule has 3 N–H and O–H groups in total. The van der Waals surface area contributed by atoms with Crippen molar-refractivity contribution in [1.82, 2.24) is 10.2 Å². The predicted molar refractivity (Wildman–Crippen MR) is 89.3 cm³/mol. The van der Waals surface area contributed by atoms with E-state index in [-0.39, 0.29) is 19.2 Å². The summed E-state index contributed by atoms with van der Waals surface area (Å²) >= 11 is 0. The summed E-state index contributed by atoms with van der Waals surface area (Å²) < 4.78 is 0. The van der Waals surface area contributed by atoms with Gasteiger partial charge < -0.3 is 20.4 Å². The van der Waals surface area contributed by atoms with Gasteiger partial charge in [-0.15, -0.1) is 0 Å². The molecule has 2 amide bonds. The van der Waals surface area contributed by atoms with Gasteiger partial charge in [0.1, 0.15) is 6.04 Å². The standard InChI is InChI=1S/C17H32N2O4/c1-13(2)8-9-19(10-11-20)17(23)18-15(16(21)22)12-14-6-4-3-5-7-14/h13-15,20H,3-12H2,1-2H3,(H,18,23)(H,21,22). The normalized spacial score (nSPS) is 17.0. The molecule has 0 aromatic rings. The van der Waals surface area contributed by atoms with E-state index in [1.54, 1.807) is 0 Å². The van der Waals surface area contributed by atoms with Crippen LogP contribution in [0.2, 0.25) is 0 Å². The van der Waals surface area contributed by atoms with Crippen LogP contribution in [0.1, 0.15) is 58.8 Å². The van der Waals surface area contributed by atoms with Crippen LogP contribution in [-0.4, -0.2) is 52.9 Å². The fraction of sp³-hybridized carbons (Fsp3) is 0.882. The van der Waals surface area contributed by atoms with E-state index >= 15 is 0 Å². The zero-order valence-electron chi connectivity index (χ0n) is 14.5. The molecule has 1 fully saturated rings. The lowest BCUT2D eigenvalue weighted by molar-refractivity contribution is -0.139. The van der Waals surface area contributed by atoms with Gasteiger partial charge in [-0.25, -0.2) is 9.59 Å². The highest BCUT2D eigenvalue weighted by Crippen LogP contribution is 2.27. The van der Waals surface area contributed by atoms with Gasteiger partial charge >= 0.3 is 12.0 Å². The first kappa shape index (κ1) is 19.7. The summed E-state index contributed by atoms with van der Waals surface area (Å²) in [4.78, 5) is 25.3. The van der Waals surface area contributed by atoms with Crippen molar-refractivity contribution in [2.75, 3.05) is 19.7 Å². The van der Waals surface area contributed by atoms with Gasteiger partial charge in [0.2, 0.25) is 0 Å². The second kappa shape index (κ2) is 10.5. The van der Waals surface area contributed by atoms with Crippen molar-refractivity contribution in [3.63, 3.8) is 0 Å². The fourth-order valence-corrected chi connectivity index (χ4v) is 3.07. The molecule has 1 unspecified atom stereocenters. The van der Waals surface area contributed by atoms with Gasteiger partial charge in [0.15, 0.2) is 0 Å². The van der Waals surface area contributed by atoms with Crippen LogP contribution >= 0.6 is 0 Å². The molecule has 1 rings (SSSR count). The van der Waals surface area contributed by atoms with E-state index in [1.807, 2.05) is 0 Å². The summed E-state index contributed by atoms with van der Waals surface area (Å²) in [6.45, 7) is 4.77. The Balaban J connectivity index is 2.57. The topological polar surface area (TPSA) is 89.9 Å². The highest BCUT2D eigenvalue weighted by molar-refractivity contribution is 5.82. The van der Waals surface area contributed by atoms with Crippen LogP contribution in [0.3, 0.4) is 0 Å². The van der Waals surface area contributed by atoms with Crippen LogP contribution in [0.5, 0.6) is 0 Å². The quantitative estimate of drug-likeness (QED) is 0.606. The molecular formula is C17H32N2O4. The molecule has 0 bridgehead atoms. The number of aliphatic hydroxyl groups excluding tert-OH is 1. The maximum absolute atomic E-state index is 12.3. The van der Waals surface area contributed by atoms with Gasteiger partial charge in [-0.05, 0) is 24.7 Å². The number of rotatable bonds is 9. The Morgan fingerprint density at radius 3 is 2.35 bits per heavy atom. The fourth-order valence-electron chi connectivity index (χ4n) is 3.07. The average molecular weight is 328 g/mol. The predicted octanol–water partition coefficient (Wildman–Crippen LogP) is 2.46. The molecule has 0 aromatic carbocycles. The third-order valence-electron chi connectivity index (χ3n) is 4.52. The van der Waals surface area contributed by atoms with Crippen LogP contribution < -0.4 is 5.32 Å². The SMILES string of the molecule is CC(C)CCN(CCO)C(=O)NC(CC1CCCCC1)C(=O)O. The van der Waals surface area contributed by atoms with Crippen LogP contribution in [0, 0.1) is 11.8 Å². The van der Waals surface area contributed by atoms with Crippen LogP contribution in [0.4, 0.5) is 4.79 Å². The van der Waals surface area contributed by atoms with Crippen molar-refractivity contribution in [1.29, 1.82) is 0 Å². The highest BCUT2D eigenvalue weighted by Gasteiger charge is 2.27. The molecule has 134 valence electrons. The third-order valence-corrected chi connectivity index (χ3v) is 4.52. The minimum Gasteiger partial charge on any atom is -0.480 e. The van der Waals surface area contributed by atoms with Crippen LogP contribution in [0.15, 0.2) is 0 Å². The summed E-state index contributed by atoms with van der Waals surface area (Å²) in [6, 6.07) is -1.23. The van der Waals surface area contributed by atoms with Gasteiger partial charge in [0.25, 0.3) is 0 Å². The lowest BCUT2D eigenvalue weighted by atomic mass is 9.85. The average Bonchev–Trinajstić information content (AvgIpc) is 2.51. The third kappa shape index (κ3) is 7.68. The molecule has 0 aliphatic heterocycles. The zero-order chi connectivity index (χ0) is 17.2. The summed E-state index contributed by atoms with van der Waals surface area (Å²) in [5.74, 6) is -0.148. The molecule has 1 aliphatic rings. The van der Waals surface area contributed by atoms with Crippen molar-refractivity contribution in [2.24, 2.45) is 11.8 Å². The van der Waals surface area contributed by atoms with E-state index < -0.39 is 12.0 Å². The van der Waals surface area contributed by atoms with Crippen LogP contribution in [-0.2, 0) is 4.79 Å². The minimum absolute atomic E-state index is 0.119. The number of amides is 2. The Bertz CT molecular complexity index is 368. The van der Waals surface area contributed by atoms with Crippen LogP contribution in [0.25, 0.3) is 0 Å². The molecule has 0 saturated heterocycles. The Hall–Kier alpha value is -1.30. The van der Waals surface area contributed by atoms with Crippen molar-refractivity contribution in [3.05, 3.63) is 0 Å². The number of aliphatic carboxylic acids is 1. The first-order chi connectivity index (χ1) is 10.9. The number of aliphatic hydroxyl groups is 1. The molecule has 1 atom stereocenters. The molecule has 6 nitrogen and oxygen atoms in total. The van der Waals surface area contributed by atoms with Gasteiger partial charge in [0.05, 0.1) is 6.61 Å². The van der Waals surface area contributed by atoms with E-state index in [4.69, 9.17) is 5.11 Å². The van der Waals surface area contributed by atoms with Gasteiger partial charge in [0, 0.05) is 13.1 Å². The van der Waals surface area contributed by atoms with E-state index in [0.29, 0.717) is 24.8 Å². The molecule has 23 heavy (non-hydrogen) atoms. The Kier molecular flexibility index (Phi) is 8.99. The van der Waals surface area contributed by atoms with E-state index in [9.17, 15) is 14.7 Å². The first-order valence-electron chi connectivity index (χ1n) is 8.83. The number of carboxylic acid groups (broad SMARTS) is 1. The summed E-state index contributed by atoms with van der Waals surface area (Å²) in [7, 11) is 0. The number of nitrogens with one attached hydrogen (secondary N) is 1. The molecule has 1 saturated carbocycles. The van der Waals surface area contributed by atoms with Crippen molar-refractivity contribution in [3.8, 4) is 0 Å². The van der Waals surface area contributed by atoms with Gasteiger partial charge in [-0.2, -0.15) is 0 Å². The zero-order valence-corrected chi connectivity index (χ0v) is 14.5. The number of carbonyl (C=O) groups excluding carboxylic acids is 1. The molecular weight excluding hydrogens is 296 g/mol.